The Labute approximate surface area is 225 Å². The van der Waals surface area contributed by atoms with Crippen LogP contribution in [0, 0.1) is 6.92 Å². The number of rotatable bonds is 7. The molecule has 10 nitrogen and oxygen atoms in total. The maximum atomic E-state index is 13.1. The molecule has 0 aromatic heterocycles. The lowest BCUT2D eigenvalue weighted by molar-refractivity contribution is 0.0728. The Balaban J connectivity index is 1.20. The fraction of sp³-hybridized carbons (Fsp3) is 0.296. The van der Waals surface area contributed by atoms with Gasteiger partial charge in [0.1, 0.15) is 12.4 Å². The van der Waals surface area contributed by atoms with Gasteiger partial charge in [0.05, 0.1) is 0 Å². The van der Waals surface area contributed by atoms with Crippen LogP contribution in [0.3, 0.4) is 0 Å². The highest BCUT2D eigenvalue weighted by molar-refractivity contribution is 7.81. The van der Waals surface area contributed by atoms with Crippen LogP contribution in [-0.2, 0) is 21.8 Å². The van der Waals surface area contributed by atoms with Crippen LogP contribution < -0.4 is 4.18 Å². The van der Waals surface area contributed by atoms with E-state index in [1.54, 1.807) is 11.8 Å². The lowest BCUT2D eigenvalue weighted by atomic mass is 9.98. The number of amides is 1. The minimum absolute atomic E-state index is 0.0153. The highest BCUT2D eigenvalue weighted by atomic mass is 32.3. The number of carbonyl (C=O) groups excluding carboxylic acids is 1. The summed E-state index contributed by atoms with van der Waals surface area (Å²) in [7, 11) is -5.24. The van der Waals surface area contributed by atoms with Crippen LogP contribution in [0.4, 0.5) is 14.4 Å². The lowest BCUT2D eigenvalue weighted by Crippen LogP contribution is -2.48. The Morgan fingerprint density at radius 1 is 1.05 bits per heavy atom. The summed E-state index contributed by atoms with van der Waals surface area (Å²) in [5.74, 6) is -0.295. The zero-order chi connectivity index (χ0) is 27.6. The van der Waals surface area contributed by atoms with Gasteiger partial charge in [-0.2, -0.15) is 8.42 Å². The van der Waals surface area contributed by atoms with Crippen molar-refractivity contribution < 1.29 is 26.0 Å². The number of carbonyl (C=O) groups is 1. The number of halogens is 1. The molecule has 12 heteroatoms. The van der Waals surface area contributed by atoms with Gasteiger partial charge in [-0.05, 0) is 58.0 Å². The molecular formula is C27H26FN5O5S. The van der Waals surface area contributed by atoms with Crippen LogP contribution >= 0.6 is 0 Å². The maximum Gasteiger partial charge on any atom is 0.488 e. The van der Waals surface area contributed by atoms with Gasteiger partial charge >= 0.3 is 16.6 Å². The third-order valence-corrected chi connectivity index (χ3v) is 7.56. The zero-order valence-corrected chi connectivity index (χ0v) is 22.0. The molecule has 3 aromatic rings. The SMILES string of the molecule is Cc1c(CN2CCN(C(=O)OCC3c4ccccc4-c4ccccc43)CC2)cc(OS(=O)(=O)F)cc1N=[N+]=[N-]. The number of hydrogen-bond donors (Lipinski definition) is 0. The molecule has 0 bridgehead atoms. The first-order valence-corrected chi connectivity index (χ1v) is 13.7. The van der Waals surface area contributed by atoms with Crippen molar-refractivity contribution in [1.82, 2.24) is 9.80 Å². The molecule has 1 aliphatic carbocycles. The Morgan fingerprint density at radius 2 is 1.67 bits per heavy atom. The molecule has 1 heterocycles. The summed E-state index contributed by atoms with van der Waals surface area (Å²) in [5, 5.41) is 3.56. The van der Waals surface area contributed by atoms with Crippen molar-refractivity contribution in [2.45, 2.75) is 19.4 Å². The van der Waals surface area contributed by atoms with Gasteiger partial charge in [0.15, 0.2) is 0 Å². The van der Waals surface area contributed by atoms with Gasteiger partial charge in [0.2, 0.25) is 0 Å². The smallest absolute Gasteiger partial charge is 0.448 e. The predicted octanol–water partition coefficient (Wildman–Crippen LogP) is 5.60. The molecule has 39 heavy (non-hydrogen) atoms. The average molecular weight is 552 g/mol. The number of hydrogen-bond acceptors (Lipinski definition) is 7. The molecule has 1 amide bonds. The van der Waals surface area contributed by atoms with E-state index in [1.165, 1.54) is 23.3 Å². The number of azide groups is 1. The molecule has 5 rings (SSSR count). The summed E-state index contributed by atoms with van der Waals surface area (Å²) >= 11 is 0. The minimum Gasteiger partial charge on any atom is -0.448 e. The van der Waals surface area contributed by atoms with Crippen LogP contribution in [0.25, 0.3) is 21.6 Å². The van der Waals surface area contributed by atoms with Crippen LogP contribution in [0.5, 0.6) is 5.75 Å². The molecule has 0 unspecified atom stereocenters. The second kappa shape index (κ2) is 10.9. The van der Waals surface area contributed by atoms with Crippen LogP contribution in [0.15, 0.2) is 65.8 Å². The second-order valence-electron chi connectivity index (χ2n) is 9.46. The van der Waals surface area contributed by atoms with Crippen molar-refractivity contribution in [3.8, 4) is 16.9 Å². The first-order chi connectivity index (χ1) is 18.7. The van der Waals surface area contributed by atoms with Gasteiger partial charge in [-0.25, -0.2) is 4.79 Å². The maximum absolute atomic E-state index is 13.1. The van der Waals surface area contributed by atoms with E-state index in [-0.39, 0.29) is 30.1 Å². The van der Waals surface area contributed by atoms with Crippen molar-refractivity contribution in [1.29, 1.82) is 0 Å². The molecule has 0 saturated carbocycles. The van der Waals surface area contributed by atoms with Crippen molar-refractivity contribution in [3.05, 3.63) is 93.4 Å². The largest absolute Gasteiger partial charge is 0.488 e. The molecule has 2 aliphatic rings. The summed E-state index contributed by atoms with van der Waals surface area (Å²) in [6.07, 6.45) is -0.373. The van der Waals surface area contributed by atoms with E-state index >= 15 is 0 Å². The molecule has 0 spiro atoms. The number of nitrogens with zero attached hydrogens (tertiary/aromatic N) is 5. The Morgan fingerprint density at radius 3 is 2.26 bits per heavy atom. The fourth-order valence-corrected chi connectivity index (χ4v) is 5.55. The van der Waals surface area contributed by atoms with Gasteiger partial charge in [-0.15, -0.1) is 0 Å². The molecule has 0 N–H and O–H groups in total. The highest BCUT2D eigenvalue weighted by Crippen LogP contribution is 2.44. The van der Waals surface area contributed by atoms with Crippen molar-refractivity contribution in [2.75, 3.05) is 32.8 Å². The summed E-state index contributed by atoms with van der Waals surface area (Å²) in [6, 6.07) is 18.9. The number of piperazine rings is 1. The second-order valence-corrected chi connectivity index (χ2v) is 10.4. The van der Waals surface area contributed by atoms with Gasteiger partial charge in [0, 0.05) is 49.2 Å². The Hall–Kier alpha value is -4.12. The fourth-order valence-electron chi connectivity index (χ4n) is 5.22. The monoisotopic (exact) mass is 551 g/mol. The van der Waals surface area contributed by atoms with E-state index in [1.807, 2.05) is 24.3 Å². The van der Waals surface area contributed by atoms with Crippen LogP contribution in [-0.4, -0.2) is 57.1 Å². The van der Waals surface area contributed by atoms with Gasteiger partial charge in [-0.1, -0.05) is 57.5 Å². The number of fused-ring (bicyclic) bond motifs is 3. The highest BCUT2D eigenvalue weighted by Gasteiger charge is 2.30. The summed E-state index contributed by atoms with van der Waals surface area (Å²) in [5.41, 5.74) is 14.9. The standard InChI is InChI=1S/C27H26FN5O5S/c1-18-19(14-20(38-39(28,35)36)15-26(18)30-31-29)16-32-10-12-33(13-11-32)27(34)37-17-25-23-8-4-2-6-21(23)22-7-3-5-9-24(22)25/h2-9,14-15,25H,10-13,16-17H2,1H3. The topological polar surface area (TPSA) is 125 Å². The van der Waals surface area contributed by atoms with Crippen molar-refractivity contribution in [2.24, 2.45) is 5.11 Å². The number of ether oxygens (including phenoxy) is 1. The zero-order valence-electron chi connectivity index (χ0n) is 21.2. The van der Waals surface area contributed by atoms with E-state index in [4.69, 9.17) is 10.3 Å². The summed E-state index contributed by atoms with van der Waals surface area (Å²) in [6.45, 7) is 4.28. The normalized spacial score (nSPS) is 15.3. The first kappa shape index (κ1) is 26.5. The van der Waals surface area contributed by atoms with Gasteiger partial charge in [0.25, 0.3) is 0 Å². The van der Waals surface area contributed by atoms with Gasteiger partial charge < -0.3 is 13.8 Å². The Bertz CT molecular complexity index is 1520. The van der Waals surface area contributed by atoms with E-state index in [0.717, 1.165) is 11.1 Å². The minimum atomic E-state index is -5.24. The molecule has 3 aromatic carbocycles. The van der Waals surface area contributed by atoms with Crippen LogP contribution in [0.2, 0.25) is 0 Å². The lowest BCUT2D eigenvalue weighted by Gasteiger charge is -2.34. The predicted molar refractivity (Wildman–Crippen MR) is 143 cm³/mol. The molecule has 0 atom stereocenters. The van der Waals surface area contributed by atoms with E-state index < -0.39 is 10.5 Å². The third-order valence-electron chi connectivity index (χ3n) is 7.17. The molecule has 1 fully saturated rings. The summed E-state index contributed by atoms with van der Waals surface area (Å²) in [4.78, 5) is 19.4. The quantitative estimate of drug-likeness (QED) is 0.163. The van der Waals surface area contributed by atoms with E-state index in [0.29, 0.717) is 43.9 Å². The first-order valence-electron chi connectivity index (χ1n) is 12.4. The summed E-state index contributed by atoms with van der Waals surface area (Å²) < 4.78 is 45.2. The molecule has 0 radical (unpaired) electrons. The Kier molecular flexibility index (Phi) is 7.42. The van der Waals surface area contributed by atoms with Gasteiger partial charge in [-0.3, -0.25) is 4.90 Å². The van der Waals surface area contributed by atoms with Crippen LogP contribution in [0.1, 0.15) is 28.2 Å². The number of benzene rings is 3. The van der Waals surface area contributed by atoms with Crippen molar-refractivity contribution >= 4 is 22.3 Å². The molecule has 1 saturated heterocycles. The molecule has 202 valence electrons. The third kappa shape index (κ3) is 5.83. The van der Waals surface area contributed by atoms with Crippen molar-refractivity contribution in [3.63, 3.8) is 0 Å². The molecular weight excluding hydrogens is 525 g/mol. The average Bonchev–Trinajstić information content (AvgIpc) is 3.23. The molecule has 1 aliphatic heterocycles. The van der Waals surface area contributed by atoms with E-state index in [2.05, 4.69) is 43.4 Å². The van der Waals surface area contributed by atoms with E-state index in [9.17, 15) is 17.1 Å².